The molecule has 1 aromatic heterocycles. The second-order valence-corrected chi connectivity index (χ2v) is 6.45. The Bertz CT molecular complexity index is 923. The van der Waals surface area contributed by atoms with Crippen LogP contribution in [-0.4, -0.2) is 42.6 Å². The standard InChI is InChI=1S/C22H27N7O/c1-3-12-26-21-18(6-4-5-7-20(30)25-14-13-24-2)16-27-22(29-21)28-19-10-8-17(15-23)9-11-19/h8-11,16,24H,3,5,7,12-14H2,1-2H3,(H,25,30)(H2,26,27,28,29). The molecule has 0 aliphatic heterocycles. The van der Waals surface area contributed by atoms with Crippen LogP contribution in [0.1, 0.15) is 37.3 Å². The Kier molecular flexibility index (Phi) is 9.64. The van der Waals surface area contributed by atoms with Crippen LogP contribution in [0.3, 0.4) is 0 Å². The molecule has 0 unspecified atom stereocenters. The van der Waals surface area contributed by atoms with Crippen molar-refractivity contribution in [2.75, 3.05) is 37.3 Å². The van der Waals surface area contributed by atoms with Crippen molar-refractivity contribution in [3.05, 3.63) is 41.6 Å². The molecule has 0 atom stereocenters. The fourth-order valence-corrected chi connectivity index (χ4v) is 2.42. The molecule has 2 rings (SSSR count). The van der Waals surface area contributed by atoms with Crippen molar-refractivity contribution in [1.29, 1.82) is 5.26 Å². The lowest BCUT2D eigenvalue weighted by Crippen LogP contribution is -2.30. The molecule has 0 spiro atoms. The van der Waals surface area contributed by atoms with Crippen LogP contribution in [0.15, 0.2) is 30.5 Å². The van der Waals surface area contributed by atoms with Crippen molar-refractivity contribution in [1.82, 2.24) is 20.6 Å². The van der Waals surface area contributed by atoms with Crippen molar-refractivity contribution in [2.24, 2.45) is 0 Å². The number of anilines is 3. The molecule has 0 radical (unpaired) electrons. The molecule has 1 heterocycles. The summed E-state index contributed by atoms with van der Waals surface area (Å²) in [6.45, 7) is 4.18. The summed E-state index contributed by atoms with van der Waals surface area (Å²) in [5, 5.41) is 21.1. The Morgan fingerprint density at radius 2 is 1.97 bits per heavy atom. The molecule has 2 aromatic rings. The maximum absolute atomic E-state index is 11.7. The maximum Gasteiger partial charge on any atom is 0.229 e. The Morgan fingerprint density at radius 3 is 2.67 bits per heavy atom. The van der Waals surface area contributed by atoms with E-state index in [1.165, 1.54) is 0 Å². The molecule has 30 heavy (non-hydrogen) atoms. The van der Waals surface area contributed by atoms with Crippen LogP contribution < -0.4 is 21.3 Å². The summed E-state index contributed by atoms with van der Waals surface area (Å²) < 4.78 is 0. The minimum Gasteiger partial charge on any atom is -0.369 e. The minimum atomic E-state index is -0.0119. The molecule has 0 aliphatic carbocycles. The van der Waals surface area contributed by atoms with Crippen molar-refractivity contribution in [3.8, 4) is 17.9 Å². The number of benzene rings is 1. The molecule has 1 amide bonds. The van der Waals surface area contributed by atoms with Gasteiger partial charge in [0.2, 0.25) is 11.9 Å². The predicted octanol–water partition coefficient (Wildman–Crippen LogP) is 2.38. The summed E-state index contributed by atoms with van der Waals surface area (Å²) in [5.41, 5.74) is 2.07. The van der Waals surface area contributed by atoms with Crippen LogP contribution >= 0.6 is 0 Å². The van der Waals surface area contributed by atoms with E-state index in [9.17, 15) is 4.79 Å². The molecule has 0 fully saturated rings. The maximum atomic E-state index is 11.7. The number of nitriles is 1. The van der Waals surface area contributed by atoms with E-state index in [0.717, 1.165) is 25.2 Å². The van der Waals surface area contributed by atoms with Crippen molar-refractivity contribution < 1.29 is 4.79 Å². The summed E-state index contributed by atoms with van der Waals surface area (Å²) >= 11 is 0. The van der Waals surface area contributed by atoms with Gasteiger partial charge in [0.25, 0.3) is 0 Å². The number of rotatable bonds is 10. The highest BCUT2D eigenvalue weighted by Gasteiger charge is 2.06. The highest BCUT2D eigenvalue weighted by molar-refractivity contribution is 5.76. The molecule has 4 N–H and O–H groups in total. The van der Waals surface area contributed by atoms with E-state index in [1.54, 1.807) is 30.5 Å². The molecule has 156 valence electrons. The lowest BCUT2D eigenvalue weighted by Gasteiger charge is -2.10. The normalized spacial score (nSPS) is 9.77. The van der Waals surface area contributed by atoms with E-state index in [2.05, 4.69) is 56.1 Å². The largest absolute Gasteiger partial charge is 0.369 e. The summed E-state index contributed by atoms with van der Waals surface area (Å²) in [6, 6.07) is 9.15. The van der Waals surface area contributed by atoms with Gasteiger partial charge in [0.1, 0.15) is 5.82 Å². The topological polar surface area (TPSA) is 115 Å². The second-order valence-electron chi connectivity index (χ2n) is 6.45. The number of likely N-dealkylation sites (N-methyl/N-ethyl adjacent to an activating group) is 1. The van der Waals surface area contributed by atoms with Crippen LogP contribution in [0.5, 0.6) is 0 Å². The van der Waals surface area contributed by atoms with E-state index in [4.69, 9.17) is 5.26 Å². The molecular weight excluding hydrogens is 378 g/mol. The van der Waals surface area contributed by atoms with Crippen molar-refractivity contribution in [3.63, 3.8) is 0 Å². The zero-order valence-electron chi connectivity index (χ0n) is 17.4. The Hall–Kier alpha value is -3.62. The van der Waals surface area contributed by atoms with Gasteiger partial charge < -0.3 is 21.3 Å². The van der Waals surface area contributed by atoms with Gasteiger partial charge >= 0.3 is 0 Å². The third-order valence-electron chi connectivity index (χ3n) is 4.00. The molecule has 8 nitrogen and oxygen atoms in total. The third kappa shape index (κ3) is 7.78. The van der Waals surface area contributed by atoms with Crippen LogP contribution in [0, 0.1) is 23.2 Å². The van der Waals surface area contributed by atoms with Crippen LogP contribution in [0.2, 0.25) is 0 Å². The van der Waals surface area contributed by atoms with Crippen LogP contribution in [0.25, 0.3) is 0 Å². The molecule has 0 saturated heterocycles. The van der Waals surface area contributed by atoms with Gasteiger partial charge in [-0.25, -0.2) is 4.98 Å². The van der Waals surface area contributed by atoms with Gasteiger partial charge in [0.15, 0.2) is 0 Å². The van der Waals surface area contributed by atoms with Crippen molar-refractivity contribution >= 4 is 23.4 Å². The second kappa shape index (κ2) is 12.8. The number of hydrogen-bond acceptors (Lipinski definition) is 7. The lowest BCUT2D eigenvalue weighted by molar-refractivity contribution is -0.120. The number of nitrogens with zero attached hydrogens (tertiary/aromatic N) is 3. The van der Waals surface area contributed by atoms with Crippen molar-refractivity contribution in [2.45, 2.75) is 26.2 Å². The highest BCUT2D eigenvalue weighted by atomic mass is 16.1. The SMILES string of the molecule is CCCNc1nc(Nc2ccc(C#N)cc2)ncc1C#CCCC(=O)NCCNC. The summed E-state index contributed by atoms with van der Waals surface area (Å²) in [4.78, 5) is 20.6. The number of carbonyl (C=O) groups excluding carboxylic acids is 1. The first-order valence-corrected chi connectivity index (χ1v) is 9.94. The highest BCUT2D eigenvalue weighted by Crippen LogP contribution is 2.17. The van der Waals surface area contributed by atoms with E-state index < -0.39 is 0 Å². The number of amides is 1. The lowest BCUT2D eigenvalue weighted by atomic mass is 10.2. The van der Waals surface area contributed by atoms with Gasteiger partial charge in [-0.2, -0.15) is 10.2 Å². The average Bonchev–Trinajstić information content (AvgIpc) is 2.77. The third-order valence-corrected chi connectivity index (χ3v) is 4.00. The molecular formula is C22H27N7O. The van der Waals surface area contributed by atoms with Gasteiger partial charge in [-0.05, 0) is 37.7 Å². The summed E-state index contributed by atoms with van der Waals surface area (Å²) in [5.74, 6) is 7.15. The first kappa shape index (κ1) is 22.7. The molecule has 0 saturated carbocycles. The van der Waals surface area contributed by atoms with Crippen LogP contribution in [0.4, 0.5) is 17.5 Å². The quantitative estimate of drug-likeness (QED) is 0.354. The minimum absolute atomic E-state index is 0.0119. The van der Waals surface area contributed by atoms with E-state index in [-0.39, 0.29) is 5.91 Å². The van der Waals surface area contributed by atoms with Gasteiger partial charge in [-0.3, -0.25) is 4.79 Å². The summed E-state index contributed by atoms with van der Waals surface area (Å²) in [6.07, 6.45) is 3.43. The zero-order valence-corrected chi connectivity index (χ0v) is 17.4. The summed E-state index contributed by atoms with van der Waals surface area (Å²) in [7, 11) is 1.84. The predicted molar refractivity (Wildman–Crippen MR) is 118 cm³/mol. The number of aromatic nitrogens is 2. The average molecular weight is 406 g/mol. The zero-order chi connectivity index (χ0) is 21.6. The Balaban J connectivity index is 2.03. The molecule has 0 aliphatic rings. The Labute approximate surface area is 177 Å². The number of nitrogens with one attached hydrogen (secondary N) is 4. The van der Waals surface area contributed by atoms with Gasteiger partial charge in [0.05, 0.1) is 23.4 Å². The first-order valence-electron chi connectivity index (χ1n) is 9.94. The molecule has 1 aromatic carbocycles. The fraction of sp³-hybridized carbons (Fsp3) is 0.364. The number of hydrogen-bond donors (Lipinski definition) is 4. The van der Waals surface area contributed by atoms with Crippen LogP contribution in [-0.2, 0) is 4.79 Å². The van der Waals surface area contributed by atoms with Gasteiger partial charge in [-0.1, -0.05) is 18.8 Å². The van der Waals surface area contributed by atoms with Gasteiger partial charge in [0, 0.05) is 38.2 Å². The van der Waals surface area contributed by atoms with E-state index >= 15 is 0 Å². The van der Waals surface area contributed by atoms with E-state index in [1.807, 2.05) is 7.05 Å². The van der Waals surface area contributed by atoms with Gasteiger partial charge in [-0.15, -0.1) is 0 Å². The number of carbonyl (C=O) groups is 1. The molecule has 8 heteroatoms. The monoisotopic (exact) mass is 405 g/mol. The molecule has 0 bridgehead atoms. The first-order chi connectivity index (χ1) is 14.7. The fourth-order valence-electron chi connectivity index (χ4n) is 2.42. The van der Waals surface area contributed by atoms with E-state index in [0.29, 0.717) is 42.3 Å². The smallest absolute Gasteiger partial charge is 0.229 e. The Morgan fingerprint density at radius 1 is 1.17 bits per heavy atom.